The van der Waals surface area contributed by atoms with E-state index in [1.54, 1.807) is 10.9 Å². The number of nitrogens with zero attached hydrogens (tertiary/aromatic N) is 2. The molecule has 112 valence electrons. The summed E-state index contributed by atoms with van der Waals surface area (Å²) in [7, 11) is 0. The maximum Gasteiger partial charge on any atom is 0.235 e. The largest absolute Gasteiger partial charge is 0.310 e. The quantitative estimate of drug-likeness (QED) is 0.802. The number of anilines is 1. The zero-order valence-electron chi connectivity index (χ0n) is 12.3. The molecule has 1 amide bonds. The molecule has 0 aliphatic heterocycles. The first-order chi connectivity index (χ1) is 9.97. The van der Waals surface area contributed by atoms with Gasteiger partial charge in [-0.3, -0.25) is 4.79 Å². The number of carbonyl (C=O) groups is 1. The first-order valence-electron chi connectivity index (χ1n) is 6.69. The van der Waals surface area contributed by atoms with Gasteiger partial charge < -0.3 is 5.32 Å². The number of aryl methyl sites for hydroxylation is 1. The van der Waals surface area contributed by atoms with E-state index in [1.165, 1.54) is 11.8 Å². The molecule has 0 unspecified atom stereocenters. The summed E-state index contributed by atoms with van der Waals surface area (Å²) in [6.45, 7) is 6.10. The van der Waals surface area contributed by atoms with Crippen LogP contribution in [0.1, 0.15) is 25.5 Å². The molecule has 0 atom stereocenters. The van der Waals surface area contributed by atoms with E-state index in [-0.39, 0.29) is 11.9 Å². The minimum atomic E-state index is -0.0234. The van der Waals surface area contributed by atoms with E-state index in [2.05, 4.69) is 26.3 Å². The highest BCUT2D eigenvalue weighted by molar-refractivity contribution is 9.10. The van der Waals surface area contributed by atoms with Crippen LogP contribution in [0.25, 0.3) is 0 Å². The van der Waals surface area contributed by atoms with Crippen molar-refractivity contribution in [1.82, 2.24) is 9.78 Å². The van der Waals surface area contributed by atoms with Gasteiger partial charge >= 0.3 is 0 Å². The maximum absolute atomic E-state index is 12.1. The number of aromatic nitrogens is 2. The molecule has 2 rings (SSSR count). The number of rotatable bonds is 5. The van der Waals surface area contributed by atoms with Gasteiger partial charge in [0, 0.05) is 21.5 Å². The first-order valence-corrected chi connectivity index (χ1v) is 8.47. The summed E-state index contributed by atoms with van der Waals surface area (Å²) in [4.78, 5) is 13.2. The van der Waals surface area contributed by atoms with Crippen molar-refractivity contribution in [3.8, 4) is 0 Å². The Hall–Kier alpha value is -1.27. The van der Waals surface area contributed by atoms with Gasteiger partial charge in [0.1, 0.15) is 5.82 Å². The van der Waals surface area contributed by atoms with E-state index >= 15 is 0 Å². The van der Waals surface area contributed by atoms with E-state index in [0.29, 0.717) is 5.75 Å². The van der Waals surface area contributed by atoms with Crippen molar-refractivity contribution in [3.63, 3.8) is 0 Å². The lowest BCUT2D eigenvalue weighted by atomic mass is 10.2. The lowest BCUT2D eigenvalue weighted by Gasteiger charge is -2.12. The lowest BCUT2D eigenvalue weighted by molar-refractivity contribution is -0.113. The molecule has 0 radical (unpaired) electrons. The fourth-order valence-corrected chi connectivity index (χ4v) is 3.21. The highest BCUT2D eigenvalue weighted by Crippen LogP contribution is 2.25. The molecule has 1 heterocycles. The van der Waals surface area contributed by atoms with Gasteiger partial charge in [0.2, 0.25) is 5.91 Å². The average Bonchev–Trinajstić information content (AvgIpc) is 2.86. The van der Waals surface area contributed by atoms with Gasteiger partial charge in [-0.05, 0) is 44.5 Å². The normalized spacial score (nSPS) is 10.9. The van der Waals surface area contributed by atoms with Crippen LogP contribution in [0.2, 0.25) is 0 Å². The summed E-state index contributed by atoms with van der Waals surface area (Å²) in [6.07, 6.45) is 1.70. The zero-order chi connectivity index (χ0) is 15.4. The van der Waals surface area contributed by atoms with Crippen molar-refractivity contribution in [2.24, 2.45) is 0 Å². The Labute approximate surface area is 137 Å². The number of benzene rings is 1. The second-order valence-corrected chi connectivity index (χ2v) is 6.93. The van der Waals surface area contributed by atoms with Crippen molar-refractivity contribution in [3.05, 3.63) is 40.5 Å². The Bertz CT molecular complexity index is 640. The van der Waals surface area contributed by atoms with E-state index < -0.39 is 0 Å². The highest BCUT2D eigenvalue weighted by atomic mass is 79.9. The monoisotopic (exact) mass is 367 g/mol. The molecule has 1 aromatic carbocycles. The van der Waals surface area contributed by atoms with E-state index in [1.807, 2.05) is 45.0 Å². The molecule has 2 aromatic rings. The third-order valence-electron chi connectivity index (χ3n) is 2.92. The third-order valence-corrected chi connectivity index (χ3v) is 4.59. The Morgan fingerprint density at radius 1 is 1.43 bits per heavy atom. The number of hydrogen-bond acceptors (Lipinski definition) is 3. The number of nitrogens with one attached hydrogen (secondary N) is 1. The predicted molar refractivity (Wildman–Crippen MR) is 90.8 cm³/mol. The summed E-state index contributed by atoms with van der Waals surface area (Å²) in [5, 5.41) is 7.11. The number of carbonyl (C=O) groups excluding carboxylic acids is 1. The fraction of sp³-hybridized carbons (Fsp3) is 0.333. The van der Waals surface area contributed by atoms with Crippen molar-refractivity contribution in [2.75, 3.05) is 11.1 Å². The van der Waals surface area contributed by atoms with Crippen LogP contribution in [-0.2, 0) is 4.79 Å². The van der Waals surface area contributed by atoms with Crippen LogP contribution in [0.15, 0.2) is 39.8 Å². The number of halogens is 1. The van der Waals surface area contributed by atoms with Crippen molar-refractivity contribution >= 4 is 39.4 Å². The van der Waals surface area contributed by atoms with Gasteiger partial charge in [-0.2, -0.15) is 5.10 Å². The molecular formula is C15H18BrN3OS. The summed E-state index contributed by atoms with van der Waals surface area (Å²) in [5.41, 5.74) is 1.16. The lowest BCUT2D eigenvalue weighted by Crippen LogP contribution is -2.18. The molecule has 0 spiro atoms. The molecule has 0 aliphatic rings. The van der Waals surface area contributed by atoms with Crippen molar-refractivity contribution in [2.45, 2.75) is 31.7 Å². The minimum Gasteiger partial charge on any atom is -0.310 e. The fourth-order valence-electron chi connectivity index (χ4n) is 1.92. The summed E-state index contributed by atoms with van der Waals surface area (Å²) < 4.78 is 2.85. The van der Waals surface area contributed by atoms with Crippen LogP contribution in [0.3, 0.4) is 0 Å². The second-order valence-electron chi connectivity index (χ2n) is 5.00. The molecule has 21 heavy (non-hydrogen) atoms. The molecule has 0 fully saturated rings. The third kappa shape index (κ3) is 4.35. The Morgan fingerprint density at radius 3 is 2.86 bits per heavy atom. The summed E-state index contributed by atoms with van der Waals surface area (Å²) in [6, 6.07) is 8.09. The first kappa shape index (κ1) is 16.1. The van der Waals surface area contributed by atoms with Gasteiger partial charge in [0.15, 0.2) is 0 Å². The number of amides is 1. The molecular weight excluding hydrogens is 350 g/mol. The van der Waals surface area contributed by atoms with Crippen molar-refractivity contribution < 1.29 is 4.79 Å². The minimum absolute atomic E-state index is 0.0234. The molecule has 4 nitrogen and oxygen atoms in total. The van der Waals surface area contributed by atoms with Gasteiger partial charge in [0.25, 0.3) is 0 Å². The van der Waals surface area contributed by atoms with Gasteiger partial charge in [0.05, 0.1) is 11.9 Å². The zero-order valence-corrected chi connectivity index (χ0v) is 14.7. The molecule has 1 aromatic heterocycles. The summed E-state index contributed by atoms with van der Waals surface area (Å²) >= 11 is 4.98. The van der Waals surface area contributed by atoms with Crippen LogP contribution in [0.5, 0.6) is 0 Å². The number of hydrogen-bond donors (Lipinski definition) is 1. The van der Waals surface area contributed by atoms with Crippen LogP contribution >= 0.6 is 27.7 Å². The Kier molecular flexibility index (Phi) is 5.47. The Morgan fingerprint density at radius 2 is 2.19 bits per heavy atom. The summed E-state index contributed by atoms with van der Waals surface area (Å²) in [5.74, 6) is 1.10. The molecule has 0 bridgehead atoms. The standard InChI is InChI=1S/C15H18BrN3OS/c1-10(2)19-14(6-7-17-19)18-15(20)9-21-13-5-4-12(16)8-11(13)3/h4-8,10H,9H2,1-3H3,(H,18,20). The van der Waals surface area contributed by atoms with Crippen LogP contribution in [-0.4, -0.2) is 21.4 Å². The van der Waals surface area contributed by atoms with E-state index in [9.17, 15) is 4.79 Å². The van der Waals surface area contributed by atoms with Gasteiger partial charge in [-0.1, -0.05) is 15.9 Å². The second kappa shape index (κ2) is 7.13. The number of thioether (sulfide) groups is 1. The molecule has 0 saturated heterocycles. The molecule has 0 saturated carbocycles. The molecule has 0 aliphatic carbocycles. The van der Waals surface area contributed by atoms with E-state index in [4.69, 9.17) is 0 Å². The smallest absolute Gasteiger partial charge is 0.235 e. The SMILES string of the molecule is Cc1cc(Br)ccc1SCC(=O)Nc1ccnn1C(C)C. The van der Waals surface area contributed by atoms with Crippen LogP contribution in [0.4, 0.5) is 5.82 Å². The average molecular weight is 368 g/mol. The Balaban J connectivity index is 1.94. The van der Waals surface area contributed by atoms with Gasteiger partial charge in [-0.25, -0.2) is 4.68 Å². The van der Waals surface area contributed by atoms with Crippen LogP contribution in [0, 0.1) is 6.92 Å². The van der Waals surface area contributed by atoms with Crippen molar-refractivity contribution in [1.29, 1.82) is 0 Å². The maximum atomic E-state index is 12.1. The topological polar surface area (TPSA) is 46.9 Å². The molecule has 6 heteroatoms. The van der Waals surface area contributed by atoms with E-state index in [0.717, 1.165) is 20.7 Å². The molecule has 1 N–H and O–H groups in total. The predicted octanol–water partition coefficient (Wildman–Crippen LogP) is 4.27. The van der Waals surface area contributed by atoms with Gasteiger partial charge in [-0.15, -0.1) is 11.8 Å². The van der Waals surface area contributed by atoms with Crippen LogP contribution < -0.4 is 5.32 Å². The highest BCUT2D eigenvalue weighted by Gasteiger charge is 2.10.